The van der Waals surface area contributed by atoms with E-state index >= 15 is 0 Å². The number of nitrogens with one attached hydrogen (secondary N) is 1. The van der Waals surface area contributed by atoms with Crippen molar-refractivity contribution < 1.29 is 4.79 Å². The fourth-order valence-electron chi connectivity index (χ4n) is 4.05. The summed E-state index contributed by atoms with van der Waals surface area (Å²) in [5.41, 5.74) is 0. The fraction of sp³-hybridized carbons (Fsp3) is 0.933. The van der Waals surface area contributed by atoms with E-state index in [1.807, 2.05) is 0 Å². The van der Waals surface area contributed by atoms with Crippen LogP contribution in [0, 0.1) is 17.8 Å². The van der Waals surface area contributed by atoms with E-state index in [1.165, 1.54) is 45.2 Å². The Morgan fingerprint density at radius 1 is 0.895 bits per heavy atom. The first kappa shape index (κ1) is 15.1. The van der Waals surface area contributed by atoms with Gasteiger partial charge in [0, 0.05) is 19.0 Å². The molecule has 1 saturated carbocycles. The molecule has 0 radical (unpaired) electrons. The molecule has 1 N–H and O–H groups in total. The third-order valence-electron chi connectivity index (χ3n) is 5.29. The minimum atomic E-state index is 0. The molecule has 3 fully saturated rings. The average molecular weight is 287 g/mol. The summed E-state index contributed by atoms with van der Waals surface area (Å²) >= 11 is 0. The van der Waals surface area contributed by atoms with Gasteiger partial charge in [-0.3, -0.25) is 4.79 Å². The van der Waals surface area contributed by atoms with Gasteiger partial charge in [-0.2, -0.15) is 0 Å². The van der Waals surface area contributed by atoms with Crippen LogP contribution in [0.25, 0.3) is 0 Å². The lowest BCUT2D eigenvalue weighted by Gasteiger charge is -2.28. The lowest BCUT2D eigenvalue weighted by molar-refractivity contribution is -0.136. The molecule has 2 atom stereocenters. The van der Waals surface area contributed by atoms with Crippen molar-refractivity contribution in [1.29, 1.82) is 0 Å². The summed E-state index contributed by atoms with van der Waals surface area (Å²) in [5.74, 6) is 2.49. The molecule has 0 aromatic rings. The molecule has 1 aliphatic carbocycles. The summed E-state index contributed by atoms with van der Waals surface area (Å²) < 4.78 is 0. The van der Waals surface area contributed by atoms with Gasteiger partial charge in [0.25, 0.3) is 0 Å². The molecule has 0 aromatic heterocycles. The highest BCUT2D eigenvalue weighted by molar-refractivity contribution is 5.85. The minimum Gasteiger partial charge on any atom is -0.342 e. The van der Waals surface area contributed by atoms with Crippen molar-refractivity contribution in [2.75, 3.05) is 26.2 Å². The zero-order chi connectivity index (χ0) is 12.4. The summed E-state index contributed by atoms with van der Waals surface area (Å²) in [6.45, 7) is 4.38. The maximum atomic E-state index is 12.5. The van der Waals surface area contributed by atoms with Gasteiger partial charge in [-0.1, -0.05) is 19.3 Å². The smallest absolute Gasteiger partial charge is 0.225 e. The molecule has 3 nitrogen and oxygen atoms in total. The molecule has 2 heterocycles. The highest BCUT2D eigenvalue weighted by Crippen LogP contribution is 2.30. The molecule has 0 unspecified atom stereocenters. The number of likely N-dealkylation sites (tertiary alicyclic amines) is 1. The summed E-state index contributed by atoms with van der Waals surface area (Å²) in [7, 11) is 0. The van der Waals surface area contributed by atoms with Gasteiger partial charge in [0.05, 0.1) is 0 Å². The van der Waals surface area contributed by atoms with Gasteiger partial charge in [-0.15, -0.1) is 12.4 Å². The van der Waals surface area contributed by atoms with Gasteiger partial charge in [-0.25, -0.2) is 0 Å². The molecule has 0 aromatic carbocycles. The van der Waals surface area contributed by atoms with E-state index < -0.39 is 0 Å². The van der Waals surface area contributed by atoms with E-state index in [0.717, 1.165) is 37.8 Å². The standard InChI is InChI=1S/C15H26N2O.ClH/c18-15(12-4-2-1-3-5-12)17-8-6-13-10-16-11-14(13)7-9-17;/h12-14,16H,1-11H2;1H/t13-,14+;. The van der Waals surface area contributed by atoms with Gasteiger partial charge < -0.3 is 10.2 Å². The number of halogens is 1. The molecule has 3 rings (SSSR count). The Morgan fingerprint density at radius 2 is 1.47 bits per heavy atom. The maximum absolute atomic E-state index is 12.5. The van der Waals surface area contributed by atoms with Crippen LogP contribution in [-0.4, -0.2) is 37.0 Å². The van der Waals surface area contributed by atoms with E-state index in [1.54, 1.807) is 0 Å². The van der Waals surface area contributed by atoms with Crippen molar-refractivity contribution in [3.05, 3.63) is 0 Å². The Hall–Kier alpha value is -0.280. The van der Waals surface area contributed by atoms with Crippen LogP contribution in [0.4, 0.5) is 0 Å². The van der Waals surface area contributed by atoms with E-state index in [9.17, 15) is 4.79 Å². The van der Waals surface area contributed by atoms with Gasteiger partial charge in [0.2, 0.25) is 5.91 Å². The van der Waals surface area contributed by atoms with Crippen LogP contribution in [-0.2, 0) is 4.79 Å². The van der Waals surface area contributed by atoms with E-state index in [2.05, 4.69) is 10.2 Å². The quantitative estimate of drug-likeness (QED) is 0.803. The molecule has 2 saturated heterocycles. The van der Waals surface area contributed by atoms with E-state index in [4.69, 9.17) is 0 Å². The average Bonchev–Trinajstić information content (AvgIpc) is 2.78. The van der Waals surface area contributed by atoms with Crippen LogP contribution in [0.15, 0.2) is 0 Å². The van der Waals surface area contributed by atoms with Crippen LogP contribution in [0.5, 0.6) is 0 Å². The largest absolute Gasteiger partial charge is 0.342 e. The predicted octanol–water partition coefficient (Wildman–Crippen LogP) is 2.45. The molecule has 110 valence electrons. The van der Waals surface area contributed by atoms with Crippen molar-refractivity contribution in [3.63, 3.8) is 0 Å². The number of hydrogen-bond donors (Lipinski definition) is 1. The highest BCUT2D eigenvalue weighted by Gasteiger charge is 2.33. The number of carbonyl (C=O) groups excluding carboxylic acids is 1. The lowest BCUT2D eigenvalue weighted by atomic mass is 9.88. The topological polar surface area (TPSA) is 32.3 Å². The van der Waals surface area contributed by atoms with Crippen LogP contribution >= 0.6 is 12.4 Å². The zero-order valence-electron chi connectivity index (χ0n) is 11.8. The molecular weight excluding hydrogens is 260 g/mol. The SMILES string of the molecule is Cl.O=C(C1CCCCC1)N1CC[C@@H]2CNC[C@@H]2CC1. The van der Waals surface area contributed by atoms with Crippen LogP contribution in [0.2, 0.25) is 0 Å². The molecule has 4 heteroatoms. The number of fused-ring (bicyclic) bond motifs is 1. The molecule has 2 aliphatic heterocycles. The van der Waals surface area contributed by atoms with Crippen molar-refractivity contribution in [1.82, 2.24) is 10.2 Å². The number of nitrogens with zero attached hydrogens (tertiary/aromatic N) is 1. The van der Waals surface area contributed by atoms with Crippen LogP contribution in [0.1, 0.15) is 44.9 Å². The number of rotatable bonds is 1. The number of carbonyl (C=O) groups is 1. The summed E-state index contributed by atoms with van der Waals surface area (Å²) in [6.07, 6.45) is 8.58. The van der Waals surface area contributed by atoms with Gasteiger partial charge in [0.1, 0.15) is 0 Å². The van der Waals surface area contributed by atoms with Crippen molar-refractivity contribution in [3.8, 4) is 0 Å². The van der Waals surface area contributed by atoms with Crippen LogP contribution in [0.3, 0.4) is 0 Å². The Labute approximate surface area is 122 Å². The molecular formula is C15H27ClN2O. The summed E-state index contributed by atoms with van der Waals surface area (Å²) in [4.78, 5) is 14.7. The second-order valence-electron chi connectivity index (χ2n) is 6.42. The number of amides is 1. The monoisotopic (exact) mass is 286 g/mol. The van der Waals surface area contributed by atoms with E-state index in [-0.39, 0.29) is 12.4 Å². The molecule has 19 heavy (non-hydrogen) atoms. The normalized spacial score (nSPS) is 32.3. The van der Waals surface area contributed by atoms with Gasteiger partial charge in [-0.05, 0) is 50.6 Å². The van der Waals surface area contributed by atoms with Crippen molar-refractivity contribution >= 4 is 18.3 Å². The Kier molecular flexibility index (Phi) is 5.52. The highest BCUT2D eigenvalue weighted by atomic mass is 35.5. The third kappa shape index (κ3) is 3.43. The minimum absolute atomic E-state index is 0. The molecule has 1 amide bonds. The van der Waals surface area contributed by atoms with Crippen molar-refractivity contribution in [2.45, 2.75) is 44.9 Å². The summed E-state index contributed by atoms with van der Waals surface area (Å²) in [5, 5.41) is 3.50. The Morgan fingerprint density at radius 3 is 2.05 bits per heavy atom. The Bertz CT molecular complexity index is 291. The third-order valence-corrected chi connectivity index (χ3v) is 5.29. The fourth-order valence-corrected chi connectivity index (χ4v) is 4.05. The second-order valence-corrected chi connectivity index (χ2v) is 6.42. The van der Waals surface area contributed by atoms with E-state index in [0.29, 0.717) is 11.8 Å². The maximum Gasteiger partial charge on any atom is 0.225 e. The predicted molar refractivity (Wildman–Crippen MR) is 79.5 cm³/mol. The first-order valence-corrected chi connectivity index (χ1v) is 7.84. The van der Waals surface area contributed by atoms with Gasteiger partial charge >= 0.3 is 0 Å². The molecule has 3 aliphatic rings. The van der Waals surface area contributed by atoms with Crippen molar-refractivity contribution in [2.24, 2.45) is 17.8 Å². The lowest BCUT2D eigenvalue weighted by Crippen LogP contribution is -2.38. The summed E-state index contributed by atoms with van der Waals surface area (Å²) in [6, 6.07) is 0. The first-order chi connectivity index (χ1) is 8.84. The Balaban J connectivity index is 0.00000133. The first-order valence-electron chi connectivity index (χ1n) is 7.84. The second kappa shape index (κ2) is 6.94. The molecule has 0 bridgehead atoms. The number of hydrogen-bond acceptors (Lipinski definition) is 2. The van der Waals surface area contributed by atoms with Gasteiger partial charge in [0.15, 0.2) is 0 Å². The molecule has 0 spiro atoms. The zero-order valence-corrected chi connectivity index (χ0v) is 12.6. The van der Waals surface area contributed by atoms with Crippen LogP contribution < -0.4 is 5.32 Å².